The first-order chi connectivity index (χ1) is 8.76. The van der Waals surface area contributed by atoms with Crippen molar-refractivity contribution in [3.8, 4) is 5.75 Å². The molecule has 0 aliphatic heterocycles. The molecule has 2 unspecified atom stereocenters. The van der Waals surface area contributed by atoms with Gasteiger partial charge in [0.2, 0.25) is 0 Å². The van der Waals surface area contributed by atoms with Crippen LogP contribution in [0.5, 0.6) is 5.75 Å². The van der Waals surface area contributed by atoms with E-state index < -0.39 is 28.1 Å². The molecule has 19 heavy (non-hydrogen) atoms. The van der Waals surface area contributed by atoms with Crippen LogP contribution in [-0.4, -0.2) is 24.9 Å². The van der Waals surface area contributed by atoms with Crippen molar-refractivity contribution in [2.45, 2.75) is 0 Å². The smallest absolute Gasteiger partial charge is 0.446 e. The highest BCUT2D eigenvalue weighted by Crippen LogP contribution is 2.21. The van der Waals surface area contributed by atoms with E-state index in [4.69, 9.17) is 4.55 Å². The molecule has 1 aromatic rings. The molecule has 0 amide bonds. The highest BCUT2D eigenvalue weighted by molar-refractivity contribution is 7.81. The van der Waals surface area contributed by atoms with E-state index in [2.05, 4.69) is 13.2 Å². The van der Waals surface area contributed by atoms with Crippen LogP contribution < -0.4 is 4.18 Å². The minimum atomic E-state index is -4.79. The minimum absolute atomic E-state index is 0.165. The van der Waals surface area contributed by atoms with Crippen LogP contribution in [0.1, 0.15) is 20.7 Å². The first-order valence-electron chi connectivity index (χ1n) is 4.41. The Labute approximate surface area is 112 Å². The van der Waals surface area contributed by atoms with Crippen molar-refractivity contribution in [1.29, 1.82) is 0 Å². The molecular formula is C8H8O8P2S. The number of carbonyl (C=O) groups excluding carboxylic acids is 2. The van der Waals surface area contributed by atoms with Gasteiger partial charge < -0.3 is 13.2 Å². The van der Waals surface area contributed by atoms with Gasteiger partial charge in [0.15, 0.2) is 0 Å². The van der Waals surface area contributed by atoms with E-state index in [1.807, 2.05) is 0 Å². The maximum Gasteiger partial charge on any atom is 0.446 e. The summed E-state index contributed by atoms with van der Waals surface area (Å²) in [5.41, 5.74) is -0.330. The predicted molar refractivity (Wildman–Crippen MR) is 68.9 cm³/mol. The number of benzene rings is 1. The Hall–Kier alpha value is -1.27. The molecule has 104 valence electrons. The van der Waals surface area contributed by atoms with Crippen LogP contribution in [0.2, 0.25) is 0 Å². The fourth-order valence-electron chi connectivity index (χ4n) is 1.14. The van der Waals surface area contributed by atoms with Crippen molar-refractivity contribution in [3.63, 3.8) is 0 Å². The molecule has 0 saturated heterocycles. The summed E-state index contributed by atoms with van der Waals surface area (Å²) in [7, 11) is -1.40. The zero-order chi connectivity index (χ0) is 14.6. The van der Waals surface area contributed by atoms with E-state index in [9.17, 15) is 18.0 Å². The van der Waals surface area contributed by atoms with Crippen LogP contribution in [-0.2, 0) is 19.4 Å². The lowest BCUT2D eigenvalue weighted by Crippen LogP contribution is -2.09. The van der Waals surface area contributed by atoms with E-state index in [-0.39, 0.29) is 11.1 Å². The van der Waals surface area contributed by atoms with Crippen LogP contribution >= 0.6 is 18.9 Å². The average Bonchev–Trinajstić information content (AvgIpc) is 2.34. The number of hydrogen-bond acceptors (Lipinski definition) is 7. The van der Waals surface area contributed by atoms with Crippen LogP contribution in [0.15, 0.2) is 18.2 Å². The van der Waals surface area contributed by atoms with Crippen LogP contribution in [0.4, 0.5) is 0 Å². The standard InChI is InChI=1S/C8H8O8P2S/c9-7(14-17)4-1-5(8(10)15-18)3-6(2-4)16-19(11,12)13/h1-3H,17-18H2,(H,11,12,13). The fourth-order valence-corrected chi connectivity index (χ4v) is 1.75. The monoisotopic (exact) mass is 326 g/mol. The average molecular weight is 326 g/mol. The van der Waals surface area contributed by atoms with Gasteiger partial charge in [-0.15, -0.1) is 0 Å². The molecule has 1 N–H and O–H groups in total. The van der Waals surface area contributed by atoms with Crippen LogP contribution in [0.25, 0.3) is 0 Å². The number of carbonyl (C=O) groups is 2. The lowest BCUT2D eigenvalue weighted by molar-refractivity contribution is 0.0765. The van der Waals surface area contributed by atoms with Gasteiger partial charge in [-0.3, -0.25) is 4.55 Å². The topological polar surface area (TPSA) is 116 Å². The third-order valence-corrected chi connectivity index (χ3v) is 2.62. The zero-order valence-electron chi connectivity index (χ0n) is 9.10. The van der Waals surface area contributed by atoms with Gasteiger partial charge in [-0.2, -0.15) is 8.42 Å². The highest BCUT2D eigenvalue weighted by atomic mass is 32.3. The summed E-state index contributed by atoms with van der Waals surface area (Å²) >= 11 is 0. The summed E-state index contributed by atoms with van der Waals surface area (Å²) in [4.78, 5) is 22.7. The van der Waals surface area contributed by atoms with Gasteiger partial charge in [-0.25, -0.2) is 9.59 Å². The molecule has 0 heterocycles. The second-order valence-corrected chi connectivity index (χ2v) is 4.56. The van der Waals surface area contributed by atoms with Gasteiger partial charge >= 0.3 is 22.3 Å². The predicted octanol–water partition coefficient (Wildman–Crippen LogP) is 0.762. The lowest BCUT2D eigenvalue weighted by Gasteiger charge is -2.07. The van der Waals surface area contributed by atoms with E-state index in [1.54, 1.807) is 18.9 Å². The first kappa shape index (κ1) is 15.8. The van der Waals surface area contributed by atoms with E-state index >= 15 is 0 Å². The van der Waals surface area contributed by atoms with Gasteiger partial charge in [0, 0.05) is 0 Å². The molecule has 1 aromatic carbocycles. The molecule has 11 heteroatoms. The van der Waals surface area contributed by atoms with Gasteiger partial charge in [-0.05, 0) is 18.2 Å². The van der Waals surface area contributed by atoms with Crippen molar-refractivity contribution in [2.24, 2.45) is 0 Å². The Morgan fingerprint density at radius 2 is 1.42 bits per heavy atom. The quantitative estimate of drug-likeness (QED) is 0.637. The van der Waals surface area contributed by atoms with E-state index in [0.717, 1.165) is 18.2 Å². The Bertz CT molecular complexity index is 577. The largest absolute Gasteiger partial charge is 0.448 e. The summed E-state index contributed by atoms with van der Waals surface area (Å²) in [5, 5.41) is 0. The Kier molecular flexibility index (Phi) is 5.20. The zero-order valence-corrected chi connectivity index (χ0v) is 12.2. The fraction of sp³-hybridized carbons (Fsp3) is 0. The number of rotatable bonds is 4. The van der Waals surface area contributed by atoms with Crippen molar-refractivity contribution < 1.29 is 35.8 Å². The van der Waals surface area contributed by atoms with Crippen molar-refractivity contribution in [1.82, 2.24) is 0 Å². The molecule has 8 nitrogen and oxygen atoms in total. The summed E-state index contributed by atoms with van der Waals surface area (Å²) in [6.07, 6.45) is 0. The van der Waals surface area contributed by atoms with Gasteiger partial charge in [0.1, 0.15) is 5.75 Å². The molecule has 0 bridgehead atoms. The summed E-state index contributed by atoms with van der Waals surface area (Å²) in [6.45, 7) is 0. The molecule has 0 aromatic heterocycles. The third kappa shape index (κ3) is 4.72. The van der Waals surface area contributed by atoms with Crippen molar-refractivity contribution in [2.75, 3.05) is 0 Å². The molecular weight excluding hydrogens is 318 g/mol. The summed E-state index contributed by atoms with van der Waals surface area (Å²) in [5.74, 6) is -2.16. The normalized spacial score (nSPS) is 10.7. The molecule has 1 rings (SSSR count). The lowest BCUT2D eigenvalue weighted by atomic mass is 10.1. The van der Waals surface area contributed by atoms with E-state index in [0.29, 0.717) is 0 Å². The molecule has 0 aliphatic carbocycles. The second-order valence-electron chi connectivity index (χ2n) is 3.07. The highest BCUT2D eigenvalue weighted by Gasteiger charge is 2.17. The van der Waals surface area contributed by atoms with E-state index in [1.165, 1.54) is 0 Å². The molecule has 2 atom stereocenters. The van der Waals surface area contributed by atoms with Crippen molar-refractivity contribution >= 4 is 41.3 Å². The SMILES string of the molecule is O=C(OP)c1cc(OS(=O)(=O)O)cc(C(=O)OP)c1. The molecule has 0 aliphatic rings. The maximum absolute atomic E-state index is 11.3. The summed E-state index contributed by atoms with van der Waals surface area (Å²) < 4.78 is 42.6. The van der Waals surface area contributed by atoms with Crippen molar-refractivity contribution in [3.05, 3.63) is 29.3 Å². The molecule has 0 radical (unpaired) electrons. The Balaban J connectivity index is 3.31. The molecule has 0 saturated carbocycles. The Morgan fingerprint density at radius 1 is 1.00 bits per heavy atom. The first-order valence-corrected chi connectivity index (χ1v) is 6.71. The molecule has 0 fully saturated rings. The minimum Gasteiger partial charge on any atom is -0.448 e. The van der Waals surface area contributed by atoms with Gasteiger partial charge in [0.25, 0.3) is 0 Å². The maximum atomic E-state index is 11.3. The number of hydrogen-bond donors (Lipinski definition) is 1. The third-order valence-electron chi connectivity index (χ3n) is 1.79. The molecule has 0 spiro atoms. The Morgan fingerprint density at radius 3 is 1.74 bits per heavy atom. The summed E-state index contributed by atoms with van der Waals surface area (Å²) in [6, 6.07) is 3.05. The van der Waals surface area contributed by atoms with Gasteiger partial charge in [-0.1, -0.05) is 0 Å². The van der Waals surface area contributed by atoms with Gasteiger partial charge in [0.05, 0.1) is 30.1 Å². The van der Waals surface area contributed by atoms with Crippen LogP contribution in [0, 0.1) is 0 Å². The van der Waals surface area contributed by atoms with Crippen LogP contribution in [0.3, 0.4) is 0 Å². The second kappa shape index (κ2) is 6.25.